The monoisotopic (exact) mass is 435 g/mol. The first-order valence-corrected chi connectivity index (χ1v) is 9.75. The van der Waals surface area contributed by atoms with Crippen molar-refractivity contribution in [1.82, 2.24) is 10.2 Å². The molecule has 0 saturated carbocycles. The number of amides is 1. The lowest BCUT2D eigenvalue weighted by molar-refractivity contribution is -0.118. The van der Waals surface area contributed by atoms with Gasteiger partial charge in [0.2, 0.25) is 11.8 Å². The van der Waals surface area contributed by atoms with Crippen molar-refractivity contribution in [2.75, 3.05) is 11.9 Å². The molecule has 3 aromatic rings. The van der Waals surface area contributed by atoms with Gasteiger partial charge in [-0.05, 0) is 37.3 Å². The molecular formula is C22H18ClN5O3. The number of anilines is 1. The van der Waals surface area contributed by atoms with Gasteiger partial charge in [-0.2, -0.15) is 5.26 Å². The van der Waals surface area contributed by atoms with E-state index < -0.39 is 5.92 Å². The molecule has 156 valence electrons. The topological polar surface area (TPSA) is 126 Å². The number of rotatable bonds is 5. The molecule has 8 nitrogen and oxygen atoms in total. The van der Waals surface area contributed by atoms with E-state index in [0.717, 1.165) is 5.69 Å². The highest BCUT2D eigenvalue weighted by atomic mass is 35.5. The number of nitrogens with two attached hydrogens (primary N) is 1. The summed E-state index contributed by atoms with van der Waals surface area (Å²) >= 11 is 5.86. The number of aryl methyl sites for hydroxylation is 1. The van der Waals surface area contributed by atoms with Gasteiger partial charge in [0.05, 0.1) is 5.92 Å². The fourth-order valence-corrected chi connectivity index (χ4v) is 3.56. The molecule has 0 fully saturated rings. The minimum absolute atomic E-state index is 0.0122. The molecule has 1 amide bonds. The molecular weight excluding hydrogens is 418 g/mol. The molecule has 9 heteroatoms. The summed E-state index contributed by atoms with van der Waals surface area (Å²) in [4.78, 5) is 12.4. The highest BCUT2D eigenvalue weighted by Gasteiger charge is 2.35. The second kappa shape index (κ2) is 8.42. The number of aromatic amines is 1. The lowest BCUT2D eigenvalue weighted by Gasteiger charge is -2.25. The standard InChI is InChI=1S/C22H18ClN5O3/c1-12-19-20(16(10-24)21(25)31-22(19)28-27-12)15-4-2-3-5-17(15)30-11-18(29)26-14-8-6-13(23)7-9-14/h2-9,20H,11,25H2,1H3,(H,26,29)(H,27,28). The number of hydrogen-bond acceptors (Lipinski definition) is 6. The van der Waals surface area contributed by atoms with E-state index in [1.807, 2.05) is 19.1 Å². The lowest BCUT2D eigenvalue weighted by Crippen LogP contribution is -2.23. The number of H-pyrrole nitrogens is 1. The van der Waals surface area contributed by atoms with E-state index in [4.69, 9.17) is 26.8 Å². The lowest BCUT2D eigenvalue weighted by atomic mass is 9.83. The van der Waals surface area contributed by atoms with Crippen molar-refractivity contribution in [1.29, 1.82) is 5.26 Å². The zero-order chi connectivity index (χ0) is 22.0. The van der Waals surface area contributed by atoms with E-state index >= 15 is 0 Å². The number of nitriles is 1. The number of ether oxygens (including phenoxy) is 2. The third kappa shape index (κ3) is 4.04. The molecule has 31 heavy (non-hydrogen) atoms. The van der Waals surface area contributed by atoms with Gasteiger partial charge in [0.1, 0.15) is 17.4 Å². The average molecular weight is 436 g/mol. The smallest absolute Gasteiger partial charge is 0.262 e. The fraction of sp³-hybridized carbons (Fsp3) is 0.136. The molecule has 0 saturated heterocycles. The third-order valence-corrected chi connectivity index (χ3v) is 5.10. The predicted molar refractivity (Wildman–Crippen MR) is 115 cm³/mol. The third-order valence-electron chi connectivity index (χ3n) is 4.85. The van der Waals surface area contributed by atoms with Crippen LogP contribution < -0.4 is 20.5 Å². The van der Waals surface area contributed by atoms with Crippen molar-refractivity contribution >= 4 is 23.2 Å². The highest BCUT2D eigenvalue weighted by molar-refractivity contribution is 6.30. The van der Waals surface area contributed by atoms with Gasteiger partial charge in [0, 0.05) is 27.5 Å². The van der Waals surface area contributed by atoms with Crippen LogP contribution in [0.15, 0.2) is 60.0 Å². The van der Waals surface area contributed by atoms with Gasteiger partial charge >= 0.3 is 0 Å². The maximum absolute atomic E-state index is 12.4. The summed E-state index contributed by atoms with van der Waals surface area (Å²) in [5, 5.41) is 20.0. The zero-order valence-electron chi connectivity index (χ0n) is 16.5. The maximum atomic E-state index is 12.4. The molecule has 1 aliphatic heterocycles. The summed E-state index contributed by atoms with van der Waals surface area (Å²) < 4.78 is 11.3. The van der Waals surface area contributed by atoms with Crippen molar-refractivity contribution in [2.45, 2.75) is 12.8 Å². The number of fused-ring (bicyclic) bond motifs is 1. The van der Waals surface area contributed by atoms with E-state index in [1.54, 1.807) is 36.4 Å². The van der Waals surface area contributed by atoms with Crippen molar-refractivity contribution in [2.24, 2.45) is 5.73 Å². The van der Waals surface area contributed by atoms with E-state index in [-0.39, 0.29) is 24.0 Å². The van der Waals surface area contributed by atoms with Crippen molar-refractivity contribution < 1.29 is 14.3 Å². The molecule has 4 rings (SSSR count). The quantitative estimate of drug-likeness (QED) is 0.562. The van der Waals surface area contributed by atoms with Crippen LogP contribution in [0.5, 0.6) is 11.6 Å². The molecule has 1 aromatic heterocycles. The number of aromatic nitrogens is 2. The van der Waals surface area contributed by atoms with Gasteiger partial charge in [-0.25, -0.2) is 0 Å². The second-order valence-corrected chi connectivity index (χ2v) is 7.31. The normalized spacial score (nSPS) is 14.9. The molecule has 0 spiro atoms. The van der Waals surface area contributed by atoms with Crippen LogP contribution in [-0.2, 0) is 4.79 Å². The maximum Gasteiger partial charge on any atom is 0.262 e. The summed E-state index contributed by atoms with van der Waals surface area (Å²) in [5.74, 6) is -0.119. The van der Waals surface area contributed by atoms with Crippen LogP contribution >= 0.6 is 11.6 Å². The Labute approximate surface area is 183 Å². The average Bonchev–Trinajstić information content (AvgIpc) is 3.13. The van der Waals surface area contributed by atoms with Crippen LogP contribution in [0.25, 0.3) is 0 Å². The minimum Gasteiger partial charge on any atom is -0.483 e. The number of nitrogens with zero attached hydrogens (tertiary/aromatic N) is 2. The van der Waals surface area contributed by atoms with Crippen LogP contribution in [0, 0.1) is 18.3 Å². The van der Waals surface area contributed by atoms with Gasteiger partial charge in [-0.15, -0.1) is 5.10 Å². The summed E-state index contributed by atoms with van der Waals surface area (Å²) in [7, 11) is 0. The molecule has 1 unspecified atom stereocenters. The largest absolute Gasteiger partial charge is 0.483 e. The first-order valence-electron chi connectivity index (χ1n) is 9.37. The fourth-order valence-electron chi connectivity index (χ4n) is 3.43. The van der Waals surface area contributed by atoms with E-state index in [9.17, 15) is 10.1 Å². The van der Waals surface area contributed by atoms with E-state index in [2.05, 4.69) is 21.6 Å². The molecule has 2 heterocycles. The van der Waals surface area contributed by atoms with Crippen LogP contribution in [0.2, 0.25) is 5.02 Å². The Balaban J connectivity index is 1.60. The summed E-state index contributed by atoms with van der Waals surface area (Å²) in [6.07, 6.45) is 0. The molecule has 0 bridgehead atoms. The minimum atomic E-state index is -0.539. The first kappa shape index (κ1) is 20.3. The van der Waals surface area contributed by atoms with E-state index in [1.165, 1.54) is 0 Å². The van der Waals surface area contributed by atoms with Gasteiger partial charge in [-0.3, -0.25) is 9.89 Å². The van der Waals surface area contributed by atoms with Crippen LogP contribution in [0.3, 0.4) is 0 Å². The van der Waals surface area contributed by atoms with Crippen LogP contribution in [-0.4, -0.2) is 22.7 Å². The first-order chi connectivity index (χ1) is 15.0. The van der Waals surface area contributed by atoms with Gasteiger partial charge < -0.3 is 20.5 Å². The number of nitrogens with one attached hydrogen (secondary N) is 2. The Hall–Kier alpha value is -3.96. The summed E-state index contributed by atoms with van der Waals surface area (Å²) in [5.41, 5.74) is 8.96. The number of halogens is 1. The zero-order valence-corrected chi connectivity index (χ0v) is 17.2. The van der Waals surface area contributed by atoms with Crippen molar-refractivity contribution in [3.05, 3.63) is 81.8 Å². The number of hydrogen-bond donors (Lipinski definition) is 3. The Kier molecular flexibility index (Phi) is 5.52. The molecule has 4 N–H and O–H groups in total. The molecule has 0 aliphatic carbocycles. The molecule has 1 aliphatic rings. The van der Waals surface area contributed by atoms with Crippen LogP contribution in [0.4, 0.5) is 5.69 Å². The number of carbonyl (C=O) groups is 1. The predicted octanol–water partition coefficient (Wildman–Crippen LogP) is 3.61. The Morgan fingerprint density at radius 2 is 2.06 bits per heavy atom. The number of carbonyl (C=O) groups excluding carboxylic acids is 1. The number of benzene rings is 2. The summed E-state index contributed by atoms with van der Waals surface area (Å²) in [6.45, 7) is 1.61. The van der Waals surface area contributed by atoms with Crippen molar-refractivity contribution in [3.8, 4) is 17.7 Å². The Morgan fingerprint density at radius 1 is 1.32 bits per heavy atom. The Morgan fingerprint density at radius 3 is 2.81 bits per heavy atom. The summed E-state index contributed by atoms with van der Waals surface area (Å²) in [6, 6.07) is 16.1. The Bertz CT molecular complexity index is 1210. The highest BCUT2D eigenvalue weighted by Crippen LogP contribution is 2.45. The van der Waals surface area contributed by atoms with Gasteiger partial charge in [0.15, 0.2) is 6.61 Å². The van der Waals surface area contributed by atoms with Crippen molar-refractivity contribution in [3.63, 3.8) is 0 Å². The SMILES string of the molecule is Cc1[nH]nc2c1C(c1ccccc1OCC(=O)Nc1ccc(Cl)cc1)C(C#N)=C(N)O2. The van der Waals surface area contributed by atoms with Crippen LogP contribution in [0.1, 0.15) is 22.7 Å². The molecule has 0 radical (unpaired) electrons. The molecule has 1 atom stereocenters. The van der Waals surface area contributed by atoms with E-state index in [0.29, 0.717) is 33.5 Å². The number of allylic oxidation sites excluding steroid dienone is 1. The van der Waals surface area contributed by atoms with Gasteiger partial charge in [-0.1, -0.05) is 29.8 Å². The second-order valence-electron chi connectivity index (χ2n) is 6.87. The van der Waals surface area contributed by atoms with Gasteiger partial charge in [0.25, 0.3) is 5.91 Å². The molecule has 2 aromatic carbocycles. The number of para-hydroxylation sites is 1.